The fraction of sp³-hybridized carbons (Fsp3) is 0.370. The monoisotopic (exact) mass is 491 g/mol. The minimum absolute atomic E-state index is 0.0265. The van der Waals surface area contributed by atoms with Crippen molar-refractivity contribution < 1.29 is 9.59 Å². The Kier molecular flexibility index (Phi) is 8.28. The molecule has 3 aromatic rings. The van der Waals surface area contributed by atoms with Gasteiger partial charge in [-0.2, -0.15) is 0 Å². The van der Waals surface area contributed by atoms with Gasteiger partial charge in [-0.1, -0.05) is 48.0 Å². The number of piperazine rings is 1. The van der Waals surface area contributed by atoms with Crippen molar-refractivity contribution in [2.45, 2.75) is 27.3 Å². The fourth-order valence-electron chi connectivity index (χ4n) is 4.55. The van der Waals surface area contributed by atoms with Gasteiger partial charge >= 0.3 is 0 Å². The first-order valence-electron chi connectivity index (χ1n) is 12.0. The molecule has 2 amide bonds. The number of carbonyl (C=O) groups is 2. The molecule has 1 aliphatic rings. The Hall–Kier alpha value is -3.07. The highest BCUT2D eigenvalue weighted by Crippen LogP contribution is 2.31. The van der Waals surface area contributed by atoms with Gasteiger partial charge in [0.15, 0.2) is 5.13 Å². The number of amides is 2. The van der Waals surface area contributed by atoms with Gasteiger partial charge in [0.1, 0.15) is 0 Å². The van der Waals surface area contributed by atoms with Crippen molar-refractivity contribution in [1.29, 1.82) is 0 Å². The normalized spacial score (nSPS) is 14.6. The first-order valence-corrected chi connectivity index (χ1v) is 12.8. The fourth-order valence-corrected chi connectivity index (χ4v) is 5.27. The number of anilines is 1. The molecule has 0 unspecified atom stereocenters. The van der Waals surface area contributed by atoms with Crippen molar-refractivity contribution in [3.05, 3.63) is 70.1 Å². The lowest BCUT2D eigenvalue weighted by atomic mass is 9.98. The zero-order valence-electron chi connectivity index (χ0n) is 20.6. The molecule has 0 radical (unpaired) electrons. The molecule has 1 aromatic heterocycles. The third-order valence-electron chi connectivity index (χ3n) is 6.22. The molecule has 35 heavy (non-hydrogen) atoms. The Labute approximate surface area is 211 Å². The second kappa shape index (κ2) is 11.6. The summed E-state index contributed by atoms with van der Waals surface area (Å²) in [5, 5.41) is 8.56. The van der Waals surface area contributed by atoms with Crippen LogP contribution in [0.5, 0.6) is 0 Å². The summed E-state index contributed by atoms with van der Waals surface area (Å²) in [5.41, 5.74) is 6.75. The molecule has 0 bridgehead atoms. The summed E-state index contributed by atoms with van der Waals surface area (Å²) in [6.07, 6.45) is 0. The number of aromatic nitrogens is 1. The second-order valence-electron chi connectivity index (χ2n) is 9.17. The zero-order chi connectivity index (χ0) is 24.8. The average molecular weight is 492 g/mol. The van der Waals surface area contributed by atoms with Crippen molar-refractivity contribution >= 4 is 28.3 Å². The minimum Gasteiger partial charge on any atom is -0.351 e. The number of nitrogens with zero attached hydrogens (tertiary/aromatic N) is 3. The van der Waals surface area contributed by atoms with Crippen molar-refractivity contribution in [2.75, 3.05) is 44.6 Å². The minimum atomic E-state index is -0.0581. The molecule has 0 atom stereocenters. The molecule has 184 valence electrons. The largest absolute Gasteiger partial charge is 0.351 e. The average Bonchev–Trinajstić information content (AvgIpc) is 3.26. The Balaban J connectivity index is 1.20. The van der Waals surface area contributed by atoms with E-state index < -0.39 is 0 Å². The van der Waals surface area contributed by atoms with E-state index in [-0.39, 0.29) is 11.8 Å². The number of carbonyl (C=O) groups excluding carboxylic acids is 2. The lowest BCUT2D eigenvalue weighted by molar-refractivity contribution is -0.123. The second-order valence-corrected chi connectivity index (χ2v) is 10.0. The first kappa shape index (κ1) is 25.0. The van der Waals surface area contributed by atoms with E-state index in [9.17, 15) is 9.59 Å². The number of benzene rings is 2. The smallest absolute Gasteiger partial charge is 0.240 e. The molecule has 1 saturated heterocycles. The molecule has 1 aliphatic heterocycles. The summed E-state index contributed by atoms with van der Waals surface area (Å²) in [4.78, 5) is 33.8. The van der Waals surface area contributed by atoms with Gasteiger partial charge in [0, 0.05) is 43.7 Å². The van der Waals surface area contributed by atoms with Crippen LogP contribution in [0.1, 0.15) is 22.3 Å². The molecular formula is C27H33N5O2S. The standard InChI is InChI=1S/C27H33N5O2S/c1-19-13-20(2)26(21(3)14-19)23-18-35-27(29-23)30-25(34)17-32-11-9-31(10-12-32)16-24(33)28-15-22-7-5-4-6-8-22/h4-8,13-14,18H,9-12,15-17H2,1-3H3,(H,28,33)(H,29,30,34). The number of nitrogens with one attached hydrogen (secondary N) is 2. The Morgan fingerprint density at radius 1 is 0.914 bits per heavy atom. The number of rotatable bonds is 8. The van der Waals surface area contributed by atoms with Gasteiger partial charge in [0.25, 0.3) is 0 Å². The summed E-state index contributed by atoms with van der Waals surface area (Å²) in [6, 6.07) is 14.2. The lowest BCUT2D eigenvalue weighted by Crippen LogP contribution is -2.50. The van der Waals surface area contributed by atoms with Crippen molar-refractivity contribution in [3.8, 4) is 11.3 Å². The maximum absolute atomic E-state index is 12.6. The van der Waals surface area contributed by atoms with E-state index in [4.69, 9.17) is 0 Å². The van der Waals surface area contributed by atoms with Crippen LogP contribution < -0.4 is 10.6 Å². The van der Waals surface area contributed by atoms with Gasteiger partial charge in [-0.15, -0.1) is 11.3 Å². The van der Waals surface area contributed by atoms with E-state index >= 15 is 0 Å². The molecule has 2 aromatic carbocycles. The van der Waals surface area contributed by atoms with Crippen LogP contribution in [0, 0.1) is 20.8 Å². The molecule has 0 spiro atoms. The molecular weight excluding hydrogens is 458 g/mol. The molecule has 0 saturated carbocycles. The Morgan fingerprint density at radius 3 is 2.14 bits per heavy atom. The number of hydrogen-bond donors (Lipinski definition) is 2. The maximum atomic E-state index is 12.6. The van der Waals surface area contributed by atoms with Crippen LogP contribution in [-0.4, -0.2) is 65.9 Å². The predicted octanol–water partition coefficient (Wildman–Crippen LogP) is 3.61. The highest BCUT2D eigenvalue weighted by Gasteiger charge is 2.21. The maximum Gasteiger partial charge on any atom is 0.240 e. The van der Waals surface area contributed by atoms with Crippen molar-refractivity contribution in [3.63, 3.8) is 0 Å². The molecule has 4 rings (SSSR count). The highest BCUT2D eigenvalue weighted by atomic mass is 32.1. The van der Waals surface area contributed by atoms with Crippen LogP contribution >= 0.6 is 11.3 Å². The molecule has 1 fully saturated rings. The molecule has 2 N–H and O–H groups in total. The summed E-state index contributed by atoms with van der Waals surface area (Å²) in [6.45, 7) is 10.6. The van der Waals surface area contributed by atoms with E-state index in [2.05, 4.69) is 58.3 Å². The zero-order valence-corrected chi connectivity index (χ0v) is 21.5. The van der Waals surface area contributed by atoms with Crippen LogP contribution in [0.2, 0.25) is 0 Å². The van der Waals surface area contributed by atoms with E-state index in [1.165, 1.54) is 28.0 Å². The summed E-state index contributed by atoms with van der Waals surface area (Å²) in [5.74, 6) is -0.0315. The summed E-state index contributed by atoms with van der Waals surface area (Å²) >= 11 is 1.45. The predicted molar refractivity (Wildman–Crippen MR) is 142 cm³/mol. The van der Waals surface area contributed by atoms with Crippen LogP contribution in [0.4, 0.5) is 5.13 Å². The van der Waals surface area contributed by atoms with Crippen LogP contribution in [-0.2, 0) is 16.1 Å². The Morgan fingerprint density at radius 2 is 1.51 bits per heavy atom. The molecule has 2 heterocycles. The van der Waals surface area contributed by atoms with Crippen molar-refractivity contribution in [1.82, 2.24) is 20.1 Å². The molecule has 7 nitrogen and oxygen atoms in total. The van der Waals surface area contributed by atoms with Crippen LogP contribution in [0.25, 0.3) is 11.3 Å². The highest BCUT2D eigenvalue weighted by molar-refractivity contribution is 7.14. The van der Waals surface area contributed by atoms with Gasteiger partial charge in [-0.3, -0.25) is 19.4 Å². The summed E-state index contributed by atoms with van der Waals surface area (Å²) < 4.78 is 0. The lowest BCUT2D eigenvalue weighted by Gasteiger charge is -2.33. The molecule has 8 heteroatoms. The van der Waals surface area contributed by atoms with E-state index in [0.29, 0.717) is 24.8 Å². The van der Waals surface area contributed by atoms with E-state index in [0.717, 1.165) is 43.0 Å². The van der Waals surface area contributed by atoms with Gasteiger partial charge in [-0.25, -0.2) is 4.98 Å². The number of hydrogen-bond acceptors (Lipinski definition) is 6. The number of thiazole rings is 1. The third-order valence-corrected chi connectivity index (χ3v) is 6.97. The molecule has 0 aliphatic carbocycles. The third kappa shape index (κ3) is 6.97. The SMILES string of the molecule is Cc1cc(C)c(-c2csc(NC(=O)CN3CCN(CC(=O)NCc4ccccc4)CC3)n2)c(C)c1. The Bertz CT molecular complexity index is 1150. The number of aryl methyl sites for hydroxylation is 3. The van der Waals surface area contributed by atoms with Crippen molar-refractivity contribution in [2.24, 2.45) is 0 Å². The summed E-state index contributed by atoms with van der Waals surface area (Å²) in [7, 11) is 0. The van der Waals surface area contributed by atoms with Crippen LogP contribution in [0.3, 0.4) is 0 Å². The van der Waals surface area contributed by atoms with Crippen LogP contribution in [0.15, 0.2) is 47.8 Å². The van der Waals surface area contributed by atoms with Gasteiger partial charge < -0.3 is 10.6 Å². The van der Waals surface area contributed by atoms with Gasteiger partial charge in [0.2, 0.25) is 11.8 Å². The quantitative estimate of drug-likeness (QED) is 0.503. The van der Waals surface area contributed by atoms with E-state index in [1.54, 1.807) is 0 Å². The van der Waals surface area contributed by atoms with E-state index in [1.807, 2.05) is 35.7 Å². The topological polar surface area (TPSA) is 77.6 Å². The van der Waals surface area contributed by atoms with Gasteiger partial charge in [0.05, 0.1) is 18.8 Å². The first-order chi connectivity index (χ1) is 16.9. The van der Waals surface area contributed by atoms with Gasteiger partial charge in [-0.05, 0) is 37.5 Å².